The quantitative estimate of drug-likeness (QED) is 0.174. The van der Waals surface area contributed by atoms with Crippen molar-refractivity contribution >= 4 is 68.4 Å². The molecule has 2 N–H and O–H groups in total. The summed E-state index contributed by atoms with van der Waals surface area (Å²) in [5.41, 5.74) is 6.38. The number of morpholine rings is 1. The highest BCUT2D eigenvalue weighted by molar-refractivity contribution is 7.15. The molecule has 0 spiro atoms. The fraction of sp³-hybridized carbons (Fsp3) is 0.152. The minimum Gasteiger partial charge on any atom is -0.378 e. The molecule has 1 saturated heterocycles. The standard InChI is InChI=1S/C33H27Cl2N7O2S/c34-26-5-2-6-27(35)25(26)20-29(43)37-23-4-1-3-21(19-23)30-31(42-15-18-45-33(42)40-30)28-11-12-36-32(39-28)38-22-7-9-24(10-8-22)41-13-16-44-17-14-41/h1-12,15,18-19H,13-14,16-17,20H2,(H,37,43)(H,36,38,39). The lowest BCUT2D eigenvalue weighted by Gasteiger charge is -2.28. The van der Waals surface area contributed by atoms with Gasteiger partial charge < -0.3 is 20.3 Å². The van der Waals surface area contributed by atoms with Crippen molar-refractivity contribution in [1.82, 2.24) is 19.4 Å². The topological polar surface area (TPSA) is 96.7 Å². The van der Waals surface area contributed by atoms with Crippen LogP contribution in [0.3, 0.4) is 0 Å². The number of benzene rings is 3. The van der Waals surface area contributed by atoms with E-state index in [0.717, 1.165) is 59.6 Å². The predicted molar refractivity (Wildman–Crippen MR) is 181 cm³/mol. The van der Waals surface area contributed by atoms with Gasteiger partial charge in [-0.25, -0.2) is 15.0 Å². The van der Waals surface area contributed by atoms with Gasteiger partial charge in [-0.3, -0.25) is 9.20 Å². The molecule has 0 atom stereocenters. The van der Waals surface area contributed by atoms with Crippen LogP contribution in [0.1, 0.15) is 5.56 Å². The van der Waals surface area contributed by atoms with Crippen LogP contribution in [0.15, 0.2) is 90.6 Å². The Morgan fingerprint density at radius 1 is 0.933 bits per heavy atom. The third-order valence-electron chi connectivity index (χ3n) is 7.48. The van der Waals surface area contributed by atoms with Crippen molar-refractivity contribution in [2.45, 2.75) is 6.42 Å². The van der Waals surface area contributed by atoms with Gasteiger partial charge in [-0.05, 0) is 60.2 Å². The van der Waals surface area contributed by atoms with Gasteiger partial charge in [-0.15, -0.1) is 11.3 Å². The van der Waals surface area contributed by atoms with Gasteiger partial charge in [0.25, 0.3) is 0 Å². The van der Waals surface area contributed by atoms with E-state index in [-0.39, 0.29) is 12.3 Å². The lowest BCUT2D eigenvalue weighted by molar-refractivity contribution is -0.115. The third-order valence-corrected chi connectivity index (χ3v) is 8.94. The molecular weight excluding hydrogens is 629 g/mol. The molecule has 0 bridgehead atoms. The number of carbonyl (C=O) groups excluding carboxylic acids is 1. The van der Waals surface area contributed by atoms with Crippen LogP contribution in [0.25, 0.3) is 27.6 Å². The van der Waals surface area contributed by atoms with Gasteiger partial charge in [-0.2, -0.15) is 0 Å². The van der Waals surface area contributed by atoms with Crippen molar-refractivity contribution in [3.05, 3.63) is 106 Å². The molecule has 3 aromatic carbocycles. The van der Waals surface area contributed by atoms with E-state index in [9.17, 15) is 4.79 Å². The van der Waals surface area contributed by atoms with Gasteiger partial charge in [0.1, 0.15) is 5.69 Å². The Balaban J connectivity index is 1.14. The number of thiazole rings is 1. The first-order valence-electron chi connectivity index (χ1n) is 14.3. The summed E-state index contributed by atoms with van der Waals surface area (Å²) in [6.45, 7) is 3.25. The number of anilines is 4. The summed E-state index contributed by atoms with van der Waals surface area (Å²) >= 11 is 14.1. The Labute approximate surface area is 273 Å². The summed E-state index contributed by atoms with van der Waals surface area (Å²) in [5.74, 6) is 0.250. The average molecular weight is 657 g/mol. The first-order chi connectivity index (χ1) is 22.0. The second-order valence-corrected chi connectivity index (χ2v) is 12.1. The number of aromatic nitrogens is 4. The molecule has 9 nitrogen and oxygen atoms in total. The molecule has 3 aromatic heterocycles. The molecule has 0 unspecified atom stereocenters. The fourth-order valence-corrected chi connectivity index (χ4v) is 6.55. The monoisotopic (exact) mass is 655 g/mol. The number of nitrogens with one attached hydrogen (secondary N) is 2. The molecule has 1 aliphatic heterocycles. The zero-order valence-corrected chi connectivity index (χ0v) is 26.2. The number of imidazole rings is 1. The number of hydrogen-bond acceptors (Lipinski definition) is 8. The van der Waals surface area contributed by atoms with Crippen molar-refractivity contribution in [1.29, 1.82) is 0 Å². The van der Waals surface area contributed by atoms with Gasteiger partial charge in [0, 0.05) is 63.5 Å². The number of fused-ring (bicyclic) bond motifs is 1. The van der Waals surface area contributed by atoms with Gasteiger partial charge in [-0.1, -0.05) is 41.4 Å². The van der Waals surface area contributed by atoms with E-state index < -0.39 is 0 Å². The summed E-state index contributed by atoms with van der Waals surface area (Å²) in [6.07, 6.45) is 3.77. The third kappa shape index (κ3) is 6.36. The van der Waals surface area contributed by atoms with Crippen LogP contribution in [0, 0.1) is 0 Å². The molecule has 12 heteroatoms. The fourth-order valence-electron chi connectivity index (χ4n) is 5.30. The highest BCUT2D eigenvalue weighted by atomic mass is 35.5. The Hall–Kier alpha value is -4.48. The minimum absolute atomic E-state index is 0.0564. The molecule has 45 heavy (non-hydrogen) atoms. The van der Waals surface area contributed by atoms with Gasteiger partial charge in [0.15, 0.2) is 4.96 Å². The van der Waals surface area contributed by atoms with Crippen LogP contribution in [-0.2, 0) is 16.0 Å². The number of nitrogens with zero attached hydrogens (tertiary/aromatic N) is 5. The van der Waals surface area contributed by atoms with E-state index >= 15 is 0 Å². The zero-order valence-electron chi connectivity index (χ0n) is 23.9. The van der Waals surface area contributed by atoms with Crippen LogP contribution in [0.5, 0.6) is 0 Å². The second-order valence-electron chi connectivity index (χ2n) is 10.4. The highest BCUT2D eigenvalue weighted by Gasteiger charge is 2.20. The zero-order chi connectivity index (χ0) is 30.8. The van der Waals surface area contributed by atoms with Crippen molar-refractivity contribution < 1.29 is 9.53 Å². The largest absolute Gasteiger partial charge is 0.378 e. The smallest absolute Gasteiger partial charge is 0.228 e. The number of halogens is 2. The molecule has 1 aliphatic rings. The number of carbonyl (C=O) groups is 1. The molecule has 226 valence electrons. The summed E-state index contributed by atoms with van der Waals surface area (Å²) in [4.78, 5) is 30.4. The van der Waals surface area contributed by atoms with Crippen LogP contribution >= 0.6 is 34.5 Å². The first-order valence-corrected chi connectivity index (χ1v) is 16.0. The van der Waals surface area contributed by atoms with E-state index in [1.54, 1.807) is 24.4 Å². The highest BCUT2D eigenvalue weighted by Crippen LogP contribution is 2.35. The van der Waals surface area contributed by atoms with Crippen molar-refractivity contribution in [2.24, 2.45) is 0 Å². The van der Waals surface area contributed by atoms with E-state index in [1.807, 2.05) is 58.4 Å². The number of ether oxygens (including phenoxy) is 1. The second kappa shape index (κ2) is 12.9. The maximum atomic E-state index is 12.9. The molecule has 0 aliphatic carbocycles. The Bertz CT molecular complexity index is 1970. The van der Waals surface area contributed by atoms with Crippen LogP contribution in [-0.4, -0.2) is 51.6 Å². The van der Waals surface area contributed by atoms with Crippen molar-refractivity contribution in [2.75, 3.05) is 41.8 Å². The Morgan fingerprint density at radius 3 is 2.51 bits per heavy atom. The van der Waals surface area contributed by atoms with Gasteiger partial charge in [0.2, 0.25) is 11.9 Å². The molecule has 0 saturated carbocycles. The number of amides is 1. The SMILES string of the molecule is O=C(Cc1c(Cl)cccc1Cl)Nc1cccc(-c2nc3sccn3c2-c2ccnc(Nc3ccc(N4CCOCC4)cc3)n2)c1. The molecule has 0 radical (unpaired) electrons. The molecular formula is C33H27Cl2N7O2S. The van der Waals surface area contributed by atoms with Crippen LogP contribution in [0.4, 0.5) is 23.0 Å². The number of hydrogen-bond donors (Lipinski definition) is 2. The summed E-state index contributed by atoms with van der Waals surface area (Å²) in [6, 6.07) is 22.9. The Kier molecular flexibility index (Phi) is 8.36. The van der Waals surface area contributed by atoms with Crippen LogP contribution in [0.2, 0.25) is 10.0 Å². The maximum absolute atomic E-state index is 12.9. The first kappa shape index (κ1) is 29.2. The molecule has 7 rings (SSSR count). The predicted octanol–water partition coefficient (Wildman–Crippen LogP) is 7.59. The number of rotatable bonds is 8. The normalized spacial score (nSPS) is 13.2. The molecule has 1 fully saturated rings. The van der Waals surface area contributed by atoms with E-state index in [4.69, 9.17) is 37.9 Å². The average Bonchev–Trinajstić information content (AvgIpc) is 3.66. The maximum Gasteiger partial charge on any atom is 0.228 e. The summed E-state index contributed by atoms with van der Waals surface area (Å²) < 4.78 is 7.49. The van der Waals surface area contributed by atoms with E-state index in [0.29, 0.717) is 32.9 Å². The minimum atomic E-state index is -0.224. The van der Waals surface area contributed by atoms with E-state index in [1.165, 1.54) is 11.3 Å². The van der Waals surface area contributed by atoms with Gasteiger partial charge in [0.05, 0.1) is 31.0 Å². The van der Waals surface area contributed by atoms with Crippen molar-refractivity contribution in [3.63, 3.8) is 0 Å². The summed E-state index contributed by atoms with van der Waals surface area (Å²) in [7, 11) is 0. The lowest BCUT2D eigenvalue weighted by Crippen LogP contribution is -2.36. The molecule has 1 amide bonds. The Morgan fingerprint density at radius 2 is 1.71 bits per heavy atom. The lowest BCUT2D eigenvalue weighted by atomic mass is 10.1. The summed E-state index contributed by atoms with van der Waals surface area (Å²) in [5, 5.41) is 9.21. The van der Waals surface area contributed by atoms with Crippen LogP contribution < -0.4 is 15.5 Å². The van der Waals surface area contributed by atoms with Crippen molar-refractivity contribution in [3.8, 4) is 22.6 Å². The van der Waals surface area contributed by atoms with Gasteiger partial charge >= 0.3 is 0 Å². The molecule has 4 heterocycles. The van der Waals surface area contributed by atoms with E-state index in [2.05, 4.69) is 32.7 Å². The molecule has 6 aromatic rings.